The molecule has 2 saturated heterocycles. The second-order valence-electron chi connectivity index (χ2n) is 9.27. The van der Waals surface area contributed by atoms with Crippen LogP contribution in [0.5, 0.6) is 0 Å². The van der Waals surface area contributed by atoms with E-state index in [0.717, 1.165) is 45.4 Å². The molecule has 3 unspecified atom stereocenters. The number of ether oxygens (including phenoxy) is 2. The van der Waals surface area contributed by atoms with Crippen LogP contribution in [0.4, 0.5) is 20.5 Å². The fourth-order valence-electron chi connectivity index (χ4n) is 4.28. The Labute approximate surface area is 240 Å². The van der Waals surface area contributed by atoms with Crippen molar-refractivity contribution >= 4 is 54.5 Å². The number of carbonyl (C=O) groups is 2. The van der Waals surface area contributed by atoms with Crippen molar-refractivity contribution in [2.75, 3.05) is 49.6 Å². The molecule has 2 aromatic heterocycles. The van der Waals surface area contributed by atoms with Gasteiger partial charge in [0.25, 0.3) is 5.56 Å². The minimum absolute atomic E-state index is 0.154. The first kappa shape index (κ1) is 30.7. The molecule has 16 heteroatoms. The molecule has 0 bridgehead atoms. The summed E-state index contributed by atoms with van der Waals surface area (Å²) in [5.74, 6) is -1.63. The molecule has 3 atom stereocenters. The molecule has 2 aliphatic heterocycles. The van der Waals surface area contributed by atoms with Crippen molar-refractivity contribution in [1.82, 2.24) is 20.3 Å². The number of piperidine rings is 1. The molecule has 222 valence electrons. The fraction of sp³-hybridized carbons (Fsp3) is 0.480. The lowest BCUT2D eigenvalue weighted by atomic mass is 10.1. The maximum absolute atomic E-state index is 13.4. The minimum atomic E-state index is -3.67. The van der Waals surface area contributed by atoms with Crippen molar-refractivity contribution in [2.45, 2.75) is 37.6 Å². The molecule has 4 heterocycles. The Kier molecular flexibility index (Phi) is 10.2. The van der Waals surface area contributed by atoms with Gasteiger partial charge in [0.1, 0.15) is 16.4 Å². The number of para-hydroxylation sites is 1. The summed E-state index contributed by atoms with van der Waals surface area (Å²) in [6.07, 6.45) is 1.31. The molecule has 0 saturated carbocycles. The number of hydrogen-bond donors (Lipinski definition) is 4. The Morgan fingerprint density at radius 3 is 2.76 bits per heavy atom. The highest BCUT2D eigenvalue weighted by Gasteiger charge is 2.32. The number of halogens is 2. The molecule has 4 N–H and O–H groups in total. The van der Waals surface area contributed by atoms with E-state index in [-0.39, 0.29) is 24.8 Å². The zero-order chi connectivity index (χ0) is 29.6. The largest absolute Gasteiger partial charge is 0.477 e. The Bertz CT molecular complexity index is 1390. The highest BCUT2D eigenvalue weighted by molar-refractivity contribution is 7.21. The van der Waals surface area contributed by atoms with E-state index in [1.807, 2.05) is 29.2 Å². The molecule has 2 fully saturated rings. The summed E-state index contributed by atoms with van der Waals surface area (Å²) < 4.78 is 34.1. The third kappa shape index (κ3) is 7.94. The predicted molar refractivity (Wildman–Crippen MR) is 154 cm³/mol. The Morgan fingerprint density at radius 1 is 1.34 bits per heavy atom. The van der Waals surface area contributed by atoms with Crippen molar-refractivity contribution in [3.63, 3.8) is 0 Å². The van der Waals surface area contributed by atoms with Crippen LogP contribution in [0.15, 0.2) is 29.1 Å². The number of fused-ring (bicyclic) bond motifs is 1. The number of esters is 1. The number of carboxylic acids is 1. The Balaban J connectivity index is 0.000000493. The number of morpholine rings is 1. The van der Waals surface area contributed by atoms with Crippen LogP contribution >= 0.6 is 20.6 Å². The number of H-pyrrole nitrogens is 1. The molecule has 0 amide bonds. The number of aromatic nitrogens is 3. The number of nitrogens with zero attached hydrogens (tertiary/aromatic N) is 3. The summed E-state index contributed by atoms with van der Waals surface area (Å²) in [5, 5.41) is 15.0. The SMILES string of the molecule is CCOC(=O)C1CN(c2nc(NC3CCCNC3)c(-c3nc4ccccc4s3)c(=O)[nH]2)CCO1.O=C(O)C(F)(F)P. The lowest BCUT2D eigenvalue weighted by Gasteiger charge is -2.32. The third-order valence-corrected chi connectivity index (χ3v) is 7.55. The molecule has 0 radical (unpaired) electrons. The van der Waals surface area contributed by atoms with Gasteiger partial charge < -0.3 is 30.1 Å². The van der Waals surface area contributed by atoms with Crippen LogP contribution in [0, 0.1) is 0 Å². The lowest BCUT2D eigenvalue weighted by Crippen LogP contribution is -2.48. The van der Waals surface area contributed by atoms with Crippen LogP contribution < -0.4 is 21.1 Å². The Morgan fingerprint density at radius 2 is 2.10 bits per heavy atom. The number of alkyl halides is 2. The first-order valence-electron chi connectivity index (χ1n) is 13.0. The highest BCUT2D eigenvalue weighted by atomic mass is 32.1. The number of aromatic amines is 1. The van der Waals surface area contributed by atoms with Crippen molar-refractivity contribution in [3.8, 4) is 10.6 Å². The van der Waals surface area contributed by atoms with Crippen molar-refractivity contribution in [1.29, 1.82) is 0 Å². The summed E-state index contributed by atoms with van der Waals surface area (Å²) in [5.41, 5.74) is -2.65. The van der Waals surface area contributed by atoms with E-state index in [1.165, 1.54) is 11.3 Å². The number of carbonyl (C=O) groups excluding carboxylic acids is 1. The maximum atomic E-state index is 13.4. The maximum Gasteiger partial charge on any atom is 0.378 e. The van der Waals surface area contributed by atoms with E-state index in [0.29, 0.717) is 35.5 Å². The summed E-state index contributed by atoms with van der Waals surface area (Å²) in [4.78, 5) is 49.2. The lowest BCUT2D eigenvalue weighted by molar-refractivity contribution is -0.157. The smallest absolute Gasteiger partial charge is 0.378 e. The van der Waals surface area contributed by atoms with Crippen LogP contribution in [-0.4, -0.2) is 89.2 Å². The second-order valence-corrected chi connectivity index (χ2v) is 11.0. The van der Waals surface area contributed by atoms with E-state index in [9.17, 15) is 23.2 Å². The fourth-order valence-corrected chi connectivity index (χ4v) is 5.29. The van der Waals surface area contributed by atoms with E-state index < -0.39 is 23.7 Å². The van der Waals surface area contributed by atoms with Gasteiger partial charge in [-0.15, -0.1) is 11.3 Å². The molecule has 1 aromatic carbocycles. The van der Waals surface area contributed by atoms with Crippen LogP contribution in [0.2, 0.25) is 0 Å². The van der Waals surface area contributed by atoms with Crippen LogP contribution in [0.25, 0.3) is 20.8 Å². The van der Waals surface area contributed by atoms with Gasteiger partial charge in [0.05, 0.1) is 30.0 Å². The van der Waals surface area contributed by atoms with Crippen LogP contribution in [0.3, 0.4) is 0 Å². The third-order valence-electron chi connectivity index (χ3n) is 6.25. The summed E-state index contributed by atoms with van der Waals surface area (Å²) in [6, 6.07) is 7.98. The number of rotatable bonds is 7. The Hall–Kier alpha value is -3.26. The number of thiazole rings is 1. The van der Waals surface area contributed by atoms with Gasteiger partial charge in [-0.1, -0.05) is 12.1 Å². The van der Waals surface area contributed by atoms with Gasteiger partial charge in [0.15, 0.2) is 6.10 Å². The van der Waals surface area contributed by atoms with E-state index >= 15 is 0 Å². The topological polar surface area (TPSA) is 159 Å². The van der Waals surface area contributed by atoms with Gasteiger partial charge in [-0.3, -0.25) is 9.78 Å². The summed E-state index contributed by atoms with van der Waals surface area (Å²) >= 11 is 1.47. The molecular weight excluding hydrogens is 581 g/mol. The van der Waals surface area contributed by atoms with Gasteiger partial charge in [-0.25, -0.2) is 14.6 Å². The zero-order valence-corrected chi connectivity index (χ0v) is 24.2. The molecule has 41 heavy (non-hydrogen) atoms. The highest BCUT2D eigenvalue weighted by Crippen LogP contribution is 2.33. The standard InChI is InChI=1S/C23H28N6O4S.C2H3F2O2P/c1-2-32-22(31)16-13-29(10-11-33-16)23-27-19(25-14-6-5-9-24-12-14)18(20(30)28-23)21-26-15-7-3-4-8-17(15)34-21;3-2(4,7)1(5)6/h3-4,7-8,14,16,24H,2,5-6,9-13H2,1H3,(H2,25,27,28,30);7H2,(H,5,6). The van der Waals surface area contributed by atoms with Gasteiger partial charge in [0, 0.05) is 19.1 Å². The molecule has 12 nitrogen and oxygen atoms in total. The number of aliphatic carboxylic acids is 1. The summed E-state index contributed by atoms with van der Waals surface area (Å²) in [7, 11) is 0.898. The molecule has 3 aromatic rings. The molecule has 0 spiro atoms. The molecule has 5 rings (SSSR count). The van der Waals surface area contributed by atoms with Crippen molar-refractivity contribution in [3.05, 3.63) is 34.6 Å². The van der Waals surface area contributed by atoms with E-state index in [2.05, 4.69) is 15.6 Å². The van der Waals surface area contributed by atoms with E-state index in [1.54, 1.807) is 6.92 Å². The van der Waals surface area contributed by atoms with Gasteiger partial charge >= 0.3 is 17.6 Å². The van der Waals surface area contributed by atoms with Crippen molar-refractivity contribution in [2.24, 2.45) is 0 Å². The van der Waals surface area contributed by atoms with Crippen molar-refractivity contribution < 1.29 is 33.0 Å². The number of anilines is 2. The van der Waals surface area contributed by atoms with Gasteiger partial charge in [-0.2, -0.15) is 13.8 Å². The molecule has 2 aliphatic rings. The average molecular weight is 613 g/mol. The zero-order valence-electron chi connectivity index (χ0n) is 22.2. The number of carboxylic acid groups (broad SMARTS) is 1. The number of benzene rings is 1. The van der Waals surface area contributed by atoms with Crippen LogP contribution in [-0.2, 0) is 19.1 Å². The average Bonchev–Trinajstić information content (AvgIpc) is 3.37. The van der Waals surface area contributed by atoms with Gasteiger partial charge in [0.2, 0.25) is 5.95 Å². The van der Waals surface area contributed by atoms with Gasteiger partial charge in [-0.05, 0) is 47.7 Å². The predicted octanol–water partition coefficient (Wildman–Crippen LogP) is 2.52. The summed E-state index contributed by atoms with van der Waals surface area (Å²) in [6.45, 7) is 4.93. The number of nitrogens with one attached hydrogen (secondary N) is 3. The monoisotopic (exact) mass is 612 g/mol. The second kappa shape index (κ2) is 13.6. The van der Waals surface area contributed by atoms with Crippen LogP contribution in [0.1, 0.15) is 19.8 Å². The quantitative estimate of drug-likeness (QED) is 0.230. The first-order chi connectivity index (χ1) is 19.6. The van der Waals surface area contributed by atoms with E-state index in [4.69, 9.17) is 24.5 Å². The normalized spacial score (nSPS) is 19.3. The first-order valence-corrected chi connectivity index (χ1v) is 14.4. The minimum Gasteiger partial charge on any atom is -0.477 e. The number of hydrogen-bond acceptors (Lipinski definition) is 11. The molecule has 0 aliphatic carbocycles. The molecular formula is C25H31F2N6O6PS.